The van der Waals surface area contributed by atoms with Crippen molar-refractivity contribution in [3.63, 3.8) is 0 Å². The molecule has 0 aliphatic carbocycles. The van der Waals surface area contributed by atoms with Crippen LogP contribution in [0.4, 0.5) is 5.69 Å². The van der Waals surface area contributed by atoms with Crippen LogP contribution in [0.1, 0.15) is 20.7 Å². The molecule has 0 unspecified atom stereocenters. The summed E-state index contributed by atoms with van der Waals surface area (Å²) in [7, 11) is -4.39. The molecule has 0 N–H and O–H groups in total. The largest absolute Gasteiger partial charge is 0.422 e. The molecule has 0 aliphatic heterocycles. The van der Waals surface area contributed by atoms with Crippen molar-refractivity contribution < 1.29 is 22.7 Å². The Morgan fingerprint density at radius 2 is 1.30 bits per heavy atom. The molecule has 0 aromatic heterocycles. The van der Waals surface area contributed by atoms with E-state index < -0.39 is 21.9 Å². The molecule has 5 aromatic rings. The van der Waals surface area contributed by atoms with Crippen molar-refractivity contribution in [1.82, 2.24) is 0 Å². The molecule has 5 rings (SSSR count). The average molecular weight is 655 g/mol. The number of halogens is 3. The maximum Gasteiger partial charge on any atom is 0.343 e. The lowest BCUT2D eigenvalue weighted by Gasteiger charge is -2.24. The molecule has 0 fully saturated rings. The minimum absolute atomic E-state index is 0.0336. The van der Waals surface area contributed by atoms with Crippen LogP contribution in [0.2, 0.25) is 10.0 Å². The highest BCUT2D eigenvalue weighted by Gasteiger charge is 2.32. The van der Waals surface area contributed by atoms with Gasteiger partial charge in [0, 0.05) is 15.6 Å². The van der Waals surface area contributed by atoms with E-state index in [1.54, 1.807) is 30.3 Å². The van der Waals surface area contributed by atoms with Crippen LogP contribution >= 0.6 is 39.1 Å². The summed E-state index contributed by atoms with van der Waals surface area (Å²) in [5.41, 5.74) is 0.424. The van der Waals surface area contributed by atoms with Crippen LogP contribution in [-0.2, 0) is 10.0 Å². The molecule has 10 heteroatoms. The number of amides is 1. The van der Waals surface area contributed by atoms with E-state index in [2.05, 4.69) is 15.9 Å². The van der Waals surface area contributed by atoms with Crippen LogP contribution in [0.25, 0.3) is 10.8 Å². The molecule has 6 nitrogen and oxygen atoms in total. The first kappa shape index (κ1) is 27.9. The summed E-state index contributed by atoms with van der Waals surface area (Å²) in [6.45, 7) is 0. The first-order valence-electron chi connectivity index (χ1n) is 11.7. The summed E-state index contributed by atoms with van der Waals surface area (Å²) < 4.78 is 34.5. The Hall–Kier alpha value is -3.69. The number of hydrogen-bond donors (Lipinski definition) is 0. The van der Waals surface area contributed by atoms with Crippen molar-refractivity contribution in [3.8, 4) is 5.75 Å². The number of carbonyl (C=O) groups excluding carboxylic acids is 2. The Kier molecular flexibility index (Phi) is 7.96. The highest BCUT2D eigenvalue weighted by Crippen LogP contribution is 2.34. The predicted octanol–water partition coefficient (Wildman–Crippen LogP) is 8.16. The van der Waals surface area contributed by atoms with E-state index in [0.717, 1.165) is 9.69 Å². The molecular weight excluding hydrogens is 637 g/mol. The molecule has 0 saturated carbocycles. The van der Waals surface area contributed by atoms with Crippen LogP contribution in [0.5, 0.6) is 5.75 Å². The van der Waals surface area contributed by atoms with Gasteiger partial charge in [-0.05, 0) is 106 Å². The van der Waals surface area contributed by atoms with Gasteiger partial charge in [-0.15, -0.1) is 0 Å². The van der Waals surface area contributed by atoms with Gasteiger partial charge in [0.05, 0.1) is 20.6 Å². The molecule has 5 aromatic carbocycles. The third-order valence-corrected chi connectivity index (χ3v) is 8.80. The second-order valence-corrected chi connectivity index (χ2v) is 12.1. The zero-order chi connectivity index (χ0) is 28.4. The Labute approximate surface area is 248 Å². The van der Waals surface area contributed by atoms with Gasteiger partial charge in [-0.25, -0.2) is 13.2 Å². The van der Waals surface area contributed by atoms with Crippen LogP contribution < -0.4 is 9.04 Å². The molecule has 0 radical (unpaired) electrons. The van der Waals surface area contributed by atoms with Crippen LogP contribution in [0.3, 0.4) is 0 Å². The lowest BCUT2D eigenvalue weighted by atomic mass is 10.1. The molecule has 0 spiro atoms. The third kappa shape index (κ3) is 5.76. The summed E-state index contributed by atoms with van der Waals surface area (Å²) in [5.74, 6) is -1.30. The van der Waals surface area contributed by atoms with E-state index in [-0.39, 0.29) is 31.9 Å². The second kappa shape index (κ2) is 11.4. The number of fused-ring (bicyclic) bond motifs is 1. The molecule has 40 heavy (non-hydrogen) atoms. The molecule has 0 heterocycles. The van der Waals surface area contributed by atoms with Crippen LogP contribution in [-0.4, -0.2) is 20.3 Å². The van der Waals surface area contributed by atoms with Crippen LogP contribution in [0, 0.1) is 0 Å². The fourth-order valence-corrected chi connectivity index (χ4v) is 6.09. The molecule has 200 valence electrons. The number of benzene rings is 5. The van der Waals surface area contributed by atoms with Gasteiger partial charge in [-0.2, -0.15) is 4.31 Å². The normalized spacial score (nSPS) is 11.3. The van der Waals surface area contributed by atoms with E-state index in [4.69, 9.17) is 27.9 Å². The van der Waals surface area contributed by atoms with Gasteiger partial charge in [0.15, 0.2) is 0 Å². The summed E-state index contributed by atoms with van der Waals surface area (Å²) >= 11 is 15.2. The number of sulfonamides is 1. The number of nitrogens with zero attached hydrogens (tertiary/aromatic N) is 1. The van der Waals surface area contributed by atoms with E-state index >= 15 is 0 Å². The van der Waals surface area contributed by atoms with E-state index in [0.29, 0.717) is 15.4 Å². The molecule has 0 aliphatic rings. The van der Waals surface area contributed by atoms with Gasteiger partial charge < -0.3 is 4.74 Å². The van der Waals surface area contributed by atoms with Crippen molar-refractivity contribution in [3.05, 3.63) is 135 Å². The minimum Gasteiger partial charge on any atom is -0.422 e. The van der Waals surface area contributed by atoms with Gasteiger partial charge in [-0.3, -0.25) is 4.79 Å². The Morgan fingerprint density at radius 1 is 0.700 bits per heavy atom. The maximum atomic E-state index is 14.0. The fraction of sp³-hybridized carbons (Fsp3) is 0. The lowest BCUT2D eigenvalue weighted by Crippen LogP contribution is -2.37. The number of hydrogen-bond acceptors (Lipinski definition) is 5. The van der Waals surface area contributed by atoms with Gasteiger partial charge in [0.2, 0.25) is 0 Å². The van der Waals surface area contributed by atoms with Crippen LogP contribution in [0.15, 0.2) is 119 Å². The minimum atomic E-state index is -4.39. The van der Waals surface area contributed by atoms with Crippen molar-refractivity contribution in [2.75, 3.05) is 4.31 Å². The smallest absolute Gasteiger partial charge is 0.343 e. The summed E-state index contributed by atoms with van der Waals surface area (Å²) in [6, 6.07) is 28.2. The Balaban J connectivity index is 1.56. The number of esters is 1. The van der Waals surface area contributed by atoms with Crippen molar-refractivity contribution in [1.29, 1.82) is 0 Å². The van der Waals surface area contributed by atoms with Gasteiger partial charge >= 0.3 is 5.97 Å². The topological polar surface area (TPSA) is 80.8 Å². The van der Waals surface area contributed by atoms with Crippen molar-refractivity contribution in [2.45, 2.75) is 4.90 Å². The quantitative estimate of drug-likeness (QED) is 0.136. The van der Waals surface area contributed by atoms with Crippen molar-refractivity contribution >= 4 is 77.5 Å². The van der Waals surface area contributed by atoms with Gasteiger partial charge in [-0.1, -0.05) is 53.5 Å². The number of ether oxygens (including phenoxy) is 1. The fourth-order valence-electron chi connectivity index (χ4n) is 3.95. The zero-order valence-electron chi connectivity index (χ0n) is 20.4. The molecule has 0 atom stereocenters. The summed E-state index contributed by atoms with van der Waals surface area (Å²) in [5, 5.41) is 2.43. The highest BCUT2D eigenvalue weighted by atomic mass is 79.9. The van der Waals surface area contributed by atoms with E-state index in [9.17, 15) is 18.0 Å². The predicted molar refractivity (Wildman–Crippen MR) is 160 cm³/mol. The molecule has 1 amide bonds. The zero-order valence-corrected chi connectivity index (χ0v) is 24.3. The molecule has 0 saturated heterocycles. The lowest BCUT2D eigenvalue weighted by molar-refractivity contribution is 0.0733. The third-order valence-electron chi connectivity index (χ3n) is 5.97. The summed E-state index contributed by atoms with van der Waals surface area (Å²) in [6.07, 6.45) is 0. The van der Waals surface area contributed by atoms with E-state index in [1.807, 2.05) is 12.1 Å². The highest BCUT2D eigenvalue weighted by molar-refractivity contribution is 9.10. The Bertz CT molecular complexity index is 1860. The Morgan fingerprint density at radius 3 is 1.93 bits per heavy atom. The number of anilines is 1. The summed E-state index contributed by atoms with van der Waals surface area (Å²) in [4.78, 5) is 26.3. The average Bonchev–Trinajstić information content (AvgIpc) is 2.94. The standard InChI is InChI=1S/C30H18BrCl2NO5S/c31-27-18-25(14-16-28(27)39-30(36)21-7-12-24(33)13-8-21)34(29(35)20-5-10-23(32)11-6-20)40(37,38)26-15-9-19-3-1-2-4-22(19)17-26/h1-18H. The number of carbonyl (C=O) groups is 2. The monoisotopic (exact) mass is 653 g/mol. The van der Waals surface area contributed by atoms with Crippen molar-refractivity contribution in [2.24, 2.45) is 0 Å². The first-order chi connectivity index (χ1) is 19.1. The molecule has 0 bridgehead atoms. The van der Waals surface area contributed by atoms with Gasteiger partial charge in [0.25, 0.3) is 15.9 Å². The van der Waals surface area contributed by atoms with E-state index in [1.165, 1.54) is 66.7 Å². The maximum absolute atomic E-state index is 14.0. The second-order valence-electron chi connectivity index (χ2n) is 8.60. The number of rotatable bonds is 6. The first-order valence-corrected chi connectivity index (χ1v) is 14.7. The molecular formula is C30H18BrCl2NO5S. The SMILES string of the molecule is O=C(Oc1ccc(N(C(=O)c2ccc(Cl)cc2)S(=O)(=O)c2ccc3ccccc3c2)cc1Br)c1ccc(Cl)cc1. The van der Waals surface area contributed by atoms with Gasteiger partial charge in [0.1, 0.15) is 5.75 Å².